The molecule has 2 atom stereocenters. The maximum Gasteiger partial charge on any atom is 0.211 e. The van der Waals surface area contributed by atoms with E-state index in [0.717, 1.165) is 32.1 Å². The SMILES string of the molecule is CCCCS(=O)(=O)NCC1CCCC1Cl. The third-order valence-corrected chi connectivity index (χ3v) is 4.91. The van der Waals surface area contributed by atoms with Crippen LogP contribution in [0, 0.1) is 5.92 Å². The molecule has 0 saturated heterocycles. The normalized spacial score (nSPS) is 27.1. The zero-order valence-corrected chi connectivity index (χ0v) is 10.8. The van der Waals surface area contributed by atoms with E-state index < -0.39 is 10.0 Å². The summed E-state index contributed by atoms with van der Waals surface area (Å²) < 4.78 is 25.7. The average Bonchev–Trinajstić information content (AvgIpc) is 2.58. The minimum absolute atomic E-state index is 0.152. The van der Waals surface area contributed by atoms with Gasteiger partial charge in [0.2, 0.25) is 10.0 Å². The zero-order valence-electron chi connectivity index (χ0n) is 9.21. The summed E-state index contributed by atoms with van der Waals surface area (Å²) in [7, 11) is -3.06. The molecule has 0 bridgehead atoms. The van der Waals surface area contributed by atoms with Gasteiger partial charge in [0.25, 0.3) is 0 Å². The lowest BCUT2D eigenvalue weighted by Crippen LogP contribution is -2.32. The van der Waals surface area contributed by atoms with E-state index in [1.165, 1.54) is 0 Å². The van der Waals surface area contributed by atoms with Crippen LogP contribution in [0.2, 0.25) is 0 Å². The number of unbranched alkanes of at least 4 members (excludes halogenated alkanes) is 1. The van der Waals surface area contributed by atoms with Gasteiger partial charge in [0.15, 0.2) is 0 Å². The van der Waals surface area contributed by atoms with E-state index >= 15 is 0 Å². The van der Waals surface area contributed by atoms with Gasteiger partial charge < -0.3 is 0 Å². The van der Waals surface area contributed by atoms with Crippen LogP contribution in [-0.2, 0) is 10.0 Å². The molecule has 1 fully saturated rings. The third kappa shape index (κ3) is 4.70. The van der Waals surface area contributed by atoms with Crippen molar-refractivity contribution < 1.29 is 8.42 Å². The fourth-order valence-corrected chi connectivity index (χ4v) is 3.51. The molecule has 3 nitrogen and oxygen atoms in total. The van der Waals surface area contributed by atoms with E-state index in [9.17, 15) is 8.42 Å². The van der Waals surface area contributed by atoms with Crippen LogP contribution in [-0.4, -0.2) is 26.1 Å². The first kappa shape index (κ1) is 13.3. The average molecular weight is 254 g/mol. The minimum Gasteiger partial charge on any atom is -0.215 e. The Bertz CT molecular complexity index is 279. The van der Waals surface area contributed by atoms with Gasteiger partial charge in [0.1, 0.15) is 0 Å². The van der Waals surface area contributed by atoms with Gasteiger partial charge in [0.05, 0.1) is 5.75 Å². The number of hydrogen-bond acceptors (Lipinski definition) is 2. The van der Waals surface area contributed by atoms with Crippen LogP contribution in [0.5, 0.6) is 0 Å². The summed E-state index contributed by atoms with van der Waals surface area (Å²) in [4.78, 5) is 0. The summed E-state index contributed by atoms with van der Waals surface area (Å²) in [5, 5.41) is 0.152. The Labute approximate surface area is 97.6 Å². The molecule has 1 saturated carbocycles. The van der Waals surface area contributed by atoms with E-state index in [0.29, 0.717) is 12.5 Å². The van der Waals surface area contributed by atoms with Crippen LogP contribution >= 0.6 is 11.6 Å². The molecule has 0 aromatic carbocycles. The van der Waals surface area contributed by atoms with E-state index in [1.807, 2.05) is 6.92 Å². The number of halogens is 1. The van der Waals surface area contributed by atoms with Crippen molar-refractivity contribution >= 4 is 21.6 Å². The predicted molar refractivity (Wildman–Crippen MR) is 63.7 cm³/mol. The lowest BCUT2D eigenvalue weighted by Gasteiger charge is -2.14. The summed E-state index contributed by atoms with van der Waals surface area (Å²) in [6.45, 7) is 2.50. The summed E-state index contributed by atoms with van der Waals surface area (Å²) >= 11 is 6.08. The molecular formula is C10H20ClNO2S. The fourth-order valence-electron chi connectivity index (χ4n) is 1.86. The largest absolute Gasteiger partial charge is 0.215 e. The number of hydrogen-bond donors (Lipinski definition) is 1. The van der Waals surface area contributed by atoms with Crippen LogP contribution in [0.4, 0.5) is 0 Å². The van der Waals surface area contributed by atoms with Crippen molar-refractivity contribution in [3.8, 4) is 0 Å². The highest BCUT2D eigenvalue weighted by atomic mass is 35.5. The van der Waals surface area contributed by atoms with E-state index in [4.69, 9.17) is 11.6 Å². The summed E-state index contributed by atoms with van der Waals surface area (Å²) in [5.41, 5.74) is 0. The van der Waals surface area contributed by atoms with Crippen molar-refractivity contribution in [2.75, 3.05) is 12.3 Å². The van der Waals surface area contributed by atoms with E-state index in [-0.39, 0.29) is 11.1 Å². The first-order chi connectivity index (χ1) is 7.05. The maximum atomic E-state index is 11.5. The highest BCUT2D eigenvalue weighted by Gasteiger charge is 2.26. The van der Waals surface area contributed by atoms with Gasteiger partial charge in [-0.25, -0.2) is 13.1 Å². The minimum atomic E-state index is -3.06. The molecule has 0 amide bonds. The lowest BCUT2D eigenvalue weighted by atomic mass is 10.1. The Hall–Kier alpha value is 0.200. The molecule has 0 aromatic heterocycles. The second-order valence-electron chi connectivity index (χ2n) is 4.23. The predicted octanol–water partition coefficient (Wildman–Crippen LogP) is 2.11. The Morgan fingerprint density at radius 3 is 2.67 bits per heavy atom. The van der Waals surface area contributed by atoms with Crippen LogP contribution in [0.1, 0.15) is 39.0 Å². The second kappa shape index (κ2) is 6.06. The van der Waals surface area contributed by atoms with Crippen LogP contribution < -0.4 is 4.72 Å². The quantitative estimate of drug-likeness (QED) is 0.737. The van der Waals surface area contributed by atoms with Crippen molar-refractivity contribution in [2.45, 2.75) is 44.4 Å². The molecule has 0 heterocycles. The summed E-state index contributed by atoms with van der Waals surface area (Å²) in [6, 6.07) is 0. The lowest BCUT2D eigenvalue weighted by molar-refractivity contribution is 0.522. The number of rotatable bonds is 6. The van der Waals surface area contributed by atoms with Gasteiger partial charge in [-0.05, 0) is 25.2 Å². The van der Waals surface area contributed by atoms with Gasteiger partial charge in [-0.1, -0.05) is 19.8 Å². The Morgan fingerprint density at radius 1 is 1.40 bits per heavy atom. The van der Waals surface area contributed by atoms with Gasteiger partial charge in [-0.15, -0.1) is 11.6 Å². The molecule has 0 aromatic rings. The molecular weight excluding hydrogens is 234 g/mol. The molecule has 0 spiro atoms. The van der Waals surface area contributed by atoms with Crippen LogP contribution in [0.3, 0.4) is 0 Å². The second-order valence-corrected chi connectivity index (χ2v) is 6.71. The monoisotopic (exact) mass is 253 g/mol. The molecule has 0 aliphatic heterocycles. The van der Waals surface area contributed by atoms with Crippen molar-refractivity contribution in [3.05, 3.63) is 0 Å². The molecule has 1 N–H and O–H groups in total. The molecule has 5 heteroatoms. The van der Waals surface area contributed by atoms with E-state index in [1.54, 1.807) is 0 Å². The van der Waals surface area contributed by atoms with Crippen molar-refractivity contribution in [3.63, 3.8) is 0 Å². The van der Waals surface area contributed by atoms with Crippen LogP contribution in [0.25, 0.3) is 0 Å². The van der Waals surface area contributed by atoms with E-state index in [2.05, 4.69) is 4.72 Å². The fraction of sp³-hybridized carbons (Fsp3) is 1.00. The molecule has 90 valence electrons. The molecule has 2 unspecified atom stereocenters. The first-order valence-electron chi connectivity index (χ1n) is 5.66. The third-order valence-electron chi connectivity index (χ3n) is 2.90. The molecule has 0 radical (unpaired) electrons. The Kier molecular flexibility index (Phi) is 5.36. The van der Waals surface area contributed by atoms with Gasteiger partial charge in [-0.2, -0.15) is 0 Å². The number of alkyl halides is 1. The molecule has 1 rings (SSSR count). The van der Waals surface area contributed by atoms with Crippen molar-refractivity contribution in [2.24, 2.45) is 5.92 Å². The van der Waals surface area contributed by atoms with Gasteiger partial charge in [0, 0.05) is 11.9 Å². The first-order valence-corrected chi connectivity index (χ1v) is 7.75. The smallest absolute Gasteiger partial charge is 0.211 e. The highest BCUT2D eigenvalue weighted by Crippen LogP contribution is 2.29. The molecule has 1 aliphatic rings. The van der Waals surface area contributed by atoms with Gasteiger partial charge in [-0.3, -0.25) is 0 Å². The highest BCUT2D eigenvalue weighted by molar-refractivity contribution is 7.89. The molecule has 15 heavy (non-hydrogen) atoms. The zero-order chi connectivity index (χ0) is 11.3. The number of sulfonamides is 1. The van der Waals surface area contributed by atoms with Crippen LogP contribution in [0.15, 0.2) is 0 Å². The molecule has 1 aliphatic carbocycles. The standard InChI is InChI=1S/C10H20ClNO2S/c1-2-3-7-15(13,14)12-8-9-5-4-6-10(9)11/h9-10,12H,2-8H2,1H3. The maximum absolute atomic E-state index is 11.5. The van der Waals surface area contributed by atoms with Gasteiger partial charge >= 0.3 is 0 Å². The summed E-state index contributed by atoms with van der Waals surface area (Å²) in [5.74, 6) is 0.562. The topological polar surface area (TPSA) is 46.2 Å². The summed E-state index contributed by atoms with van der Waals surface area (Å²) in [6.07, 6.45) is 4.82. The Morgan fingerprint density at radius 2 is 2.13 bits per heavy atom. The number of nitrogens with one attached hydrogen (secondary N) is 1. The van der Waals surface area contributed by atoms with Crippen molar-refractivity contribution in [1.82, 2.24) is 4.72 Å². The van der Waals surface area contributed by atoms with Crippen molar-refractivity contribution in [1.29, 1.82) is 0 Å². The Balaban J connectivity index is 2.29.